The Morgan fingerprint density at radius 1 is 1.25 bits per heavy atom. The van der Waals surface area contributed by atoms with Gasteiger partial charge in [0.15, 0.2) is 5.82 Å². The SMILES string of the molecule is CCCn1nnnc1CN1CCN(C(=O)N(C)C)CC1. The van der Waals surface area contributed by atoms with Crippen LogP contribution in [0.15, 0.2) is 0 Å². The Kier molecular flexibility index (Phi) is 4.89. The number of rotatable bonds is 4. The number of piperazine rings is 1. The monoisotopic (exact) mass is 281 g/mol. The lowest BCUT2D eigenvalue weighted by molar-refractivity contribution is 0.117. The molecule has 1 fully saturated rings. The standard InChI is InChI=1S/C12H23N7O/c1-4-5-19-11(13-14-15-19)10-17-6-8-18(9-7-17)12(20)16(2)3/h4-10H2,1-3H3. The minimum atomic E-state index is 0.0838. The largest absolute Gasteiger partial charge is 0.331 e. The van der Waals surface area contributed by atoms with Gasteiger partial charge in [-0.05, 0) is 16.8 Å². The predicted molar refractivity (Wildman–Crippen MR) is 74.0 cm³/mol. The first-order valence-corrected chi connectivity index (χ1v) is 7.05. The molecule has 0 aliphatic carbocycles. The molecular weight excluding hydrogens is 258 g/mol. The zero-order valence-electron chi connectivity index (χ0n) is 12.5. The normalized spacial score (nSPS) is 16.4. The molecule has 1 saturated heterocycles. The summed E-state index contributed by atoms with van der Waals surface area (Å²) in [6.07, 6.45) is 1.02. The Bertz CT molecular complexity index is 437. The maximum Gasteiger partial charge on any atom is 0.319 e. The second kappa shape index (κ2) is 6.65. The van der Waals surface area contributed by atoms with E-state index in [9.17, 15) is 4.79 Å². The number of amides is 2. The van der Waals surface area contributed by atoms with Crippen LogP contribution in [0.5, 0.6) is 0 Å². The first-order valence-electron chi connectivity index (χ1n) is 7.05. The Labute approximate surface area is 119 Å². The molecule has 0 bridgehead atoms. The smallest absolute Gasteiger partial charge is 0.319 e. The van der Waals surface area contributed by atoms with Crippen molar-refractivity contribution in [2.75, 3.05) is 40.3 Å². The number of hydrogen-bond donors (Lipinski definition) is 0. The van der Waals surface area contributed by atoms with Gasteiger partial charge in [-0.3, -0.25) is 4.90 Å². The van der Waals surface area contributed by atoms with Crippen LogP contribution in [0.2, 0.25) is 0 Å². The lowest BCUT2D eigenvalue weighted by Crippen LogP contribution is -2.51. The number of hydrogen-bond acceptors (Lipinski definition) is 5. The van der Waals surface area contributed by atoms with Crippen molar-refractivity contribution in [1.82, 2.24) is 34.9 Å². The Hall–Kier alpha value is -1.70. The molecule has 0 saturated carbocycles. The van der Waals surface area contributed by atoms with Crippen LogP contribution >= 0.6 is 0 Å². The predicted octanol–water partition coefficient (Wildman–Crippen LogP) is -0.118. The zero-order chi connectivity index (χ0) is 14.5. The summed E-state index contributed by atoms with van der Waals surface area (Å²) >= 11 is 0. The van der Waals surface area contributed by atoms with Crippen LogP contribution in [0.4, 0.5) is 4.79 Å². The second-order valence-electron chi connectivity index (χ2n) is 5.26. The minimum Gasteiger partial charge on any atom is -0.331 e. The van der Waals surface area contributed by atoms with Crippen LogP contribution in [-0.4, -0.2) is 81.2 Å². The third-order valence-electron chi connectivity index (χ3n) is 3.43. The fourth-order valence-corrected chi connectivity index (χ4v) is 2.30. The number of carbonyl (C=O) groups excluding carboxylic acids is 1. The topological polar surface area (TPSA) is 70.4 Å². The number of urea groups is 1. The fraction of sp³-hybridized carbons (Fsp3) is 0.833. The van der Waals surface area contributed by atoms with Crippen molar-refractivity contribution in [3.8, 4) is 0 Å². The molecule has 1 aliphatic rings. The van der Waals surface area contributed by atoms with E-state index in [0.717, 1.165) is 51.5 Å². The van der Waals surface area contributed by atoms with Crippen molar-refractivity contribution in [2.24, 2.45) is 0 Å². The van der Waals surface area contributed by atoms with E-state index >= 15 is 0 Å². The molecule has 8 heteroatoms. The molecule has 0 atom stereocenters. The molecule has 2 rings (SSSR count). The molecule has 8 nitrogen and oxygen atoms in total. The van der Waals surface area contributed by atoms with Crippen LogP contribution in [-0.2, 0) is 13.1 Å². The quantitative estimate of drug-likeness (QED) is 0.769. The van der Waals surface area contributed by atoms with E-state index in [4.69, 9.17) is 0 Å². The summed E-state index contributed by atoms with van der Waals surface area (Å²) < 4.78 is 1.86. The van der Waals surface area contributed by atoms with E-state index in [2.05, 4.69) is 27.3 Å². The molecule has 20 heavy (non-hydrogen) atoms. The van der Waals surface area contributed by atoms with Crippen molar-refractivity contribution in [1.29, 1.82) is 0 Å². The van der Waals surface area contributed by atoms with Crippen molar-refractivity contribution >= 4 is 6.03 Å². The van der Waals surface area contributed by atoms with Crippen LogP contribution in [0, 0.1) is 0 Å². The molecule has 112 valence electrons. The van der Waals surface area contributed by atoms with Crippen LogP contribution in [0.25, 0.3) is 0 Å². The molecule has 2 heterocycles. The van der Waals surface area contributed by atoms with Gasteiger partial charge in [-0.25, -0.2) is 9.48 Å². The van der Waals surface area contributed by atoms with E-state index in [-0.39, 0.29) is 6.03 Å². The van der Waals surface area contributed by atoms with Gasteiger partial charge in [-0.2, -0.15) is 0 Å². The van der Waals surface area contributed by atoms with Gasteiger partial charge in [0.2, 0.25) is 0 Å². The van der Waals surface area contributed by atoms with E-state index in [1.165, 1.54) is 0 Å². The van der Waals surface area contributed by atoms with Gasteiger partial charge in [0.05, 0.1) is 6.54 Å². The van der Waals surface area contributed by atoms with Crippen LogP contribution in [0.1, 0.15) is 19.2 Å². The summed E-state index contributed by atoms with van der Waals surface area (Å²) in [5, 5.41) is 11.8. The maximum atomic E-state index is 11.9. The third kappa shape index (κ3) is 3.44. The van der Waals surface area contributed by atoms with E-state index < -0.39 is 0 Å². The molecule has 0 radical (unpaired) electrons. The number of aromatic nitrogens is 4. The van der Waals surface area contributed by atoms with Crippen molar-refractivity contribution in [3.63, 3.8) is 0 Å². The number of tetrazole rings is 1. The molecule has 0 aromatic carbocycles. The zero-order valence-corrected chi connectivity index (χ0v) is 12.5. The molecule has 0 unspecified atom stereocenters. The average molecular weight is 281 g/mol. The summed E-state index contributed by atoms with van der Waals surface area (Å²) in [6, 6.07) is 0.0838. The first-order chi connectivity index (χ1) is 9.61. The summed E-state index contributed by atoms with van der Waals surface area (Å²) in [5.74, 6) is 0.902. The summed E-state index contributed by atoms with van der Waals surface area (Å²) in [6.45, 7) is 6.94. The van der Waals surface area contributed by atoms with Gasteiger partial charge < -0.3 is 9.80 Å². The van der Waals surface area contributed by atoms with Gasteiger partial charge in [0.25, 0.3) is 0 Å². The number of carbonyl (C=O) groups is 1. The van der Waals surface area contributed by atoms with Gasteiger partial charge in [-0.15, -0.1) is 5.10 Å². The average Bonchev–Trinajstić information content (AvgIpc) is 2.86. The number of aryl methyl sites for hydroxylation is 1. The molecule has 1 aromatic heterocycles. The van der Waals surface area contributed by atoms with Gasteiger partial charge >= 0.3 is 6.03 Å². The van der Waals surface area contributed by atoms with E-state index in [1.807, 2.05) is 9.58 Å². The molecule has 0 N–H and O–H groups in total. The minimum absolute atomic E-state index is 0.0838. The highest BCUT2D eigenvalue weighted by Gasteiger charge is 2.23. The van der Waals surface area contributed by atoms with Crippen molar-refractivity contribution < 1.29 is 4.79 Å². The second-order valence-corrected chi connectivity index (χ2v) is 5.26. The Morgan fingerprint density at radius 3 is 2.55 bits per heavy atom. The summed E-state index contributed by atoms with van der Waals surface area (Å²) in [7, 11) is 3.57. The highest BCUT2D eigenvalue weighted by atomic mass is 16.2. The first kappa shape index (κ1) is 14.7. The maximum absolute atomic E-state index is 11.9. The molecule has 1 aliphatic heterocycles. The number of nitrogens with zero attached hydrogens (tertiary/aromatic N) is 7. The molecule has 1 aromatic rings. The van der Waals surface area contributed by atoms with Crippen LogP contribution < -0.4 is 0 Å². The van der Waals surface area contributed by atoms with Gasteiger partial charge in [0.1, 0.15) is 0 Å². The molecular formula is C12H23N7O. The van der Waals surface area contributed by atoms with Crippen molar-refractivity contribution in [3.05, 3.63) is 5.82 Å². The lowest BCUT2D eigenvalue weighted by atomic mass is 10.3. The Morgan fingerprint density at radius 2 is 1.95 bits per heavy atom. The fourth-order valence-electron chi connectivity index (χ4n) is 2.30. The van der Waals surface area contributed by atoms with E-state index in [0.29, 0.717) is 0 Å². The van der Waals surface area contributed by atoms with Crippen molar-refractivity contribution in [2.45, 2.75) is 26.4 Å². The summed E-state index contributed by atoms with van der Waals surface area (Å²) in [4.78, 5) is 17.6. The summed E-state index contributed by atoms with van der Waals surface area (Å²) in [5.41, 5.74) is 0. The highest BCUT2D eigenvalue weighted by Crippen LogP contribution is 2.07. The van der Waals surface area contributed by atoms with E-state index in [1.54, 1.807) is 19.0 Å². The lowest BCUT2D eigenvalue weighted by Gasteiger charge is -2.35. The molecule has 0 spiro atoms. The highest BCUT2D eigenvalue weighted by molar-refractivity contribution is 5.73. The van der Waals surface area contributed by atoms with Gasteiger partial charge in [0, 0.05) is 46.8 Å². The molecule has 2 amide bonds. The van der Waals surface area contributed by atoms with Crippen LogP contribution in [0.3, 0.4) is 0 Å². The van der Waals surface area contributed by atoms with Gasteiger partial charge in [-0.1, -0.05) is 6.92 Å². The third-order valence-corrected chi connectivity index (χ3v) is 3.43. The Balaban J connectivity index is 1.85.